The molecule has 0 bridgehead atoms. The molecule has 0 fully saturated rings. The molecule has 90 valence electrons. The van der Waals surface area contributed by atoms with Gasteiger partial charge in [0.1, 0.15) is 17.5 Å². The van der Waals surface area contributed by atoms with Gasteiger partial charge in [-0.1, -0.05) is 11.6 Å². The maximum Gasteiger partial charge on any atom is 0.132 e. The third kappa shape index (κ3) is 3.08. The first kappa shape index (κ1) is 12.1. The second kappa shape index (κ2) is 4.89. The van der Waals surface area contributed by atoms with E-state index in [1.54, 1.807) is 17.4 Å². The summed E-state index contributed by atoms with van der Waals surface area (Å²) in [4.78, 5) is 9.46. The quantitative estimate of drug-likeness (QED) is 0.897. The smallest absolute Gasteiger partial charge is 0.132 e. The molecule has 17 heavy (non-hydrogen) atoms. The van der Waals surface area contributed by atoms with Crippen molar-refractivity contribution in [3.05, 3.63) is 33.2 Å². The maximum absolute atomic E-state index is 5.90. The first-order chi connectivity index (χ1) is 8.04. The summed E-state index contributed by atoms with van der Waals surface area (Å²) in [6, 6.07) is 5.75. The second-order valence-electron chi connectivity index (χ2n) is 3.73. The van der Waals surface area contributed by atoms with Gasteiger partial charge in [0, 0.05) is 10.9 Å². The molecule has 3 N–H and O–H groups in total. The van der Waals surface area contributed by atoms with Gasteiger partial charge >= 0.3 is 0 Å². The van der Waals surface area contributed by atoms with E-state index >= 15 is 0 Å². The molecule has 0 aromatic carbocycles. The Morgan fingerprint density at radius 1 is 1.41 bits per heavy atom. The van der Waals surface area contributed by atoms with E-state index in [-0.39, 0.29) is 6.04 Å². The van der Waals surface area contributed by atoms with Crippen LogP contribution in [-0.4, -0.2) is 9.97 Å². The molecular formula is C11H13ClN4S. The second-order valence-corrected chi connectivity index (χ2v) is 5.48. The number of halogens is 1. The van der Waals surface area contributed by atoms with Crippen molar-refractivity contribution < 1.29 is 0 Å². The molecule has 0 aliphatic carbocycles. The molecule has 0 amide bonds. The molecule has 2 aromatic rings. The molecule has 0 radical (unpaired) electrons. The molecule has 6 heteroatoms. The Kier molecular flexibility index (Phi) is 3.49. The Balaban J connectivity index is 2.15. The first-order valence-corrected chi connectivity index (χ1v) is 6.37. The van der Waals surface area contributed by atoms with Crippen LogP contribution in [0.3, 0.4) is 0 Å². The molecular weight excluding hydrogens is 256 g/mol. The summed E-state index contributed by atoms with van der Waals surface area (Å²) in [6.45, 7) is 3.87. The predicted octanol–water partition coefficient (Wildman–Crippen LogP) is 3.26. The SMILES string of the molecule is Cc1nc(N)cc(NC(C)c2ccc(Cl)s2)n1. The zero-order chi connectivity index (χ0) is 12.4. The Hall–Kier alpha value is -1.33. The van der Waals surface area contributed by atoms with E-state index in [1.165, 1.54) is 0 Å². The lowest BCUT2D eigenvalue weighted by atomic mass is 10.3. The van der Waals surface area contributed by atoms with Crippen LogP contribution < -0.4 is 11.1 Å². The van der Waals surface area contributed by atoms with Gasteiger partial charge in [-0.25, -0.2) is 9.97 Å². The van der Waals surface area contributed by atoms with Crippen LogP contribution in [0.25, 0.3) is 0 Å². The minimum absolute atomic E-state index is 0.140. The number of hydrogen-bond donors (Lipinski definition) is 2. The summed E-state index contributed by atoms with van der Waals surface area (Å²) in [7, 11) is 0. The standard InChI is InChI=1S/C11H13ClN4S/c1-6(8-3-4-9(12)17-8)14-11-5-10(13)15-7(2)16-11/h3-6H,1-2H3,(H3,13,14,15,16). The number of nitrogen functional groups attached to an aromatic ring is 1. The van der Waals surface area contributed by atoms with Gasteiger partial charge in [0.05, 0.1) is 10.4 Å². The van der Waals surface area contributed by atoms with E-state index in [0.29, 0.717) is 11.6 Å². The number of nitrogens with one attached hydrogen (secondary N) is 1. The number of nitrogens with two attached hydrogens (primary N) is 1. The van der Waals surface area contributed by atoms with Gasteiger partial charge in [0.15, 0.2) is 0 Å². The first-order valence-electron chi connectivity index (χ1n) is 5.17. The Bertz CT molecular complexity index is 506. The zero-order valence-electron chi connectivity index (χ0n) is 9.57. The van der Waals surface area contributed by atoms with Crippen molar-refractivity contribution in [1.29, 1.82) is 0 Å². The maximum atomic E-state index is 5.90. The average Bonchev–Trinajstić information content (AvgIpc) is 2.63. The minimum Gasteiger partial charge on any atom is -0.384 e. The van der Waals surface area contributed by atoms with Crippen LogP contribution in [0.4, 0.5) is 11.6 Å². The summed E-state index contributed by atoms with van der Waals surface area (Å²) in [5.41, 5.74) is 5.67. The number of hydrogen-bond acceptors (Lipinski definition) is 5. The molecule has 4 nitrogen and oxygen atoms in total. The number of nitrogens with zero attached hydrogens (tertiary/aromatic N) is 2. The lowest BCUT2D eigenvalue weighted by Crippen LogP contribution is -2.08. The van der Waals surface area contributed by atoms with E-state index in [0.717, 1.165) is 15.0 Å². The van der Waals surface area contributed by atoms with Crippen LogP contribution >= 0.6 is 22.9 Å². The molecule has 2 rings (SSSR count). The van der Waals surface area contributed by atoms with E-state index in [9.17, 15) is 0 Å². The lowest BCUT2D eigenvalue weighted by molar-refractivity contribution is 0.888. The fourth-order valence-electron chi connectivity index (χ4n) is 1.52. The molecule has 0 spiro atoms. The van der Waals surface area contributed by atoms with Crippen LogP contribution in [0.2, 0.25) is 4.34 Å². The topological polar surface area (TPSA) is 63.8 Å². The van der Waals surface area contributed by atoms with Gasteiger partial charge in [-0.05, 0) is 26.0 Å². The summed E-state index contributed by atoms with van der Waals surface area (Å²) >= 11 is 7.45. The third-order valence-electron chi connectivity index (χ3n) is 2.24. The highest BCUT2D eigenvalue weighted by Crippen LogP contribution is 2.28. The van der Waals surface area contributed by atoms with Crippen molar-refractivity contribution in [3.8, 4) is 0 Å². The van der Waals surface area contributed by atoms with Crippen LogP contribution in [0.5, 0.6) is 0 Å². The van der Waals surface area contributed by atoms with Crippen LogP contribution in [0, 0.1) is 6.92 Å². The number of aromatic nitrogens is 2. The lowest BCUT2D eigenvalue weighted by Gasteiger charge is -2.13. The van der Waals surface area contributed by atoms with E-state index in [2.05, 4.69) is 22.2 Å². The Labute approximate surface area is 109 Å². The van der Waals surface area contributed by atoms with Gasteiger partial charge in [-0.15, -0.1) is 11.3 Å². The van der Waals surface area contributed by atoms with E-state index < -0.39 is 0 Å². The monoisotopic (exact) mass is 268 g/mol. The van der Waals surface area contributed by atoms with E-state index in [1.807, 2.05) is 19.1 Å². The summed E-state index contributed by atoms with van der Waals surface area (Å²) in [5, 5.41) is 3.27. The van der Waals surface area contributed by atoms with Gasteiger partial charge < -0.3 is 11.1 Å². The molecule has 0 aliphatic rings. The highest BCUT2D eigenvalue weighted by Gasteiger charge is 2.09. The summed E-state index contributed by atoms with van der Waals surface area (Å²) in [6.07, 6.45) is 0. The summed E-state index contributed by atoms with van der Waals surface area (Å²) < 4.78 is 0.784. The number of aryl methyl sites for hydroxylation is 1. The van der Waals surface area contributed by atoms with Gasteiger partial charge in [0.25, 0.3) is 0 Å². The molecule has 2 aromatic heterocycles. The Morgan fingerprint density at radius 3 is 2.76 bits per heavy atom. The summed E-state index contributed by atoms with van der Waals surface area (Å²) in [5.74, 6) is 1.85. The van der Waals surface area contributed by atoms with Crippen molar-refractivity contribution in [3.63, 3.8) is 0 Å². The molecule has 1 unspecified atom stereocenters. The highest BCUT2D eigenvalue weighted by molar-refractivity contribution is 7.16. The third-order valence-corrected chi connectivity index (χ3v) is 3.66. The van der Waals surface area contributed by atoms with Crippen LogP contribution in [-0.2, 0) is 0 Å². The normalized spacial score (nSPS) is 12.4. The number of anilines is 2. The minimum atomic E-state index is 0.140. The Morgan fingerprint density at radius 2 is 2.18 bits per heavy atom. The molecule has 2 heterocycles. The van der Waals surface area contributed by atoms with Crippen LogP contribution in [0.1, 0.15) is 23.7 Å². The highest BCUT2D eigenvalue weighted by atomic mass is 35.5. The van der Waals surface area contributed by atoms with Crippen molar-refractivity contribution in [1.82, 2.24) is 9.97 Å². The number of rotatable bonds is 3. The van der Waals surface area contributed by atoms with Crippen molar-refractivity contribution in [2.75, 3.05) is 11.1 Å². The fraction of sp³-hybridized carbons (Fsp3) is 0.273. The predicted molar refractivity (Wildman–Crippen MR) is 72.5 cm³/mol. The van der Waals surface area contributed by atoms with Gasteiger partial charge in [0.2, 0.25) is 0 Å². The van der Waals surface area contributed by atoms with E-state index in [4.69, 9.17) is 17.3 Å². The van der Waals surface area contributed by atoms with Crippen molar-refractivity contribution in [2.45, 2.75) is 19.9 Å². The molecule has 0 saturated heterocycles. The van der Waals surface area contributed by atoms with Gasteiger partial charge in [-0.3, -0.25) is 0 Å². The average molecular weight is 269 g/mol. The fourth-order valence-corrected chi connectivity index (χ4v) is 2.58. The molecule has 1 atom stereocenters. The molecule has 0 aliphatic heterocycles. The number of thiophene rings is 1. The largest absolute Gasteiger partial charge is 0.384 e. The molecule has 0 saturated carbocycles. The van der Waals surface area contributed by atoms with Gasteiger partial charge in [-0.2, -0.15) is 0 Å². The van der Waals surface area contributed by atoms with Crippen LogP contribution in [0.15, 0.2) is 18.2 Å². The van der Waals surface area contributed by atoms with Crippen molar-refractivity contribution in [2.24, 2.45) is 0 Å². The zero-order valence-corrected chi connectivity index (χ0v) is 11.1. The van der Waals surface area contributed by atoms with Crippen molar-refractivity contribution >= 4 is 34.6 Å².